The highest BCUT2D eigenvalue weighted by Gasteiger charge is 2.16. The molecule has 16 heavy (non-hydrogen) atoms. The minimum Gasteiger partial charge on any atom is -0.473 e. The van der Waals surface area contributed by atoms with Gasteiger partial charge in [-0.25, -0.2) is 9.78 Å². The van der Waals surface area contributed by atoms with Crippen LogP contribution in [0, 0.1) is 0 Å². The number of hydrogen-bond acceptors (Lipinski definition) is 5. The Morgan fingerprint density at radius 1 is 1.56 bits per heavy atom. The number of nitrogens with one attached hydrogen (secondary N) is 1. The number of methoxy groups -OCH3 is 1. The van der Waals surface area contributed by atoms with E-state index in [1.807, 2.05) is 0 Å². The summed E-state index contributed by atoms with van der Waals surface area (Å²) in [6.45, 7) is 1.82. The summed E-state index contributed by atoms with van der Waals surface area (Å²) < 4.78 is 10.2. The van der Waals surface area contributed by atoms with Gasteiger partial charge in [-0.3, -0.25) is 0 Å². The van der Waals surface area contributed by atoms with Gasteiger partial charge >= 0.3 is 5.97 Å². The smallest absolute Gasteiger partial charge is 0.339 e. The Morgan fingerprint density at radius 2 is 2.44 bits per heavy atom. The number of rotatable bonds is 3. The maximum atomic E-state index is 11.2. The number of esters is 1. The van der Waals surface area contributed by atoms with E-state index in [9.17, 15) is 4.79 Å². The lowest BCUT2D eigenvalue weighted by molar-refractivity contribution is 0.0600. The fraction of sp³-hybridized carbons (Fsp3) is 0.455. The minimum absolute atomic E-state index is 0.177. The second-order valence-electron chi connectivity index (χ2n) is 3.61. The van der Waals surface area contributed by atoms with Crippen LogP contribution in [0.15, 0.2) is 18.3 Å². The van der Waals surface area contributed by atoms with Crippen LogP contribution in [0.3, 0.4) is 0 Å². The van der Waals surface area contributed by atoms with Crippen LogP contribution in [0.1, 0.15) is 16.8 Å². The van der Waals surface area contributed by atoms with Gasteiger partial charge in [0.05, 0.1) is 12.7 Å². The van der Waals surface area contributed by atoms with Gasteiger partial charge in [0.25, 0.3) is 0 Å². The van der Waals surface area contributed by atoms with Crippen molar-refractivity contribution in [2.45, 2.75) is 12.5 Å². The molecule has 0 aromatic carbocycles. The number of pyridine rings is 1. The summed E-state index contributed by atoms with van der Waals surface area (Å²) >= 11 is 0. The number of carbonyl (C=O) groups is 1. The quantitative estimate of drug-likeness (QED) is 0.759. The van der Waals surface area contributed by atoms with Crippen molar-refractivity contribution in [1.82, 2.24) is 10.3 Å². The molecule has 1 aromatic rings. The van der Waals surface area contributed by atoms with E-state index >= 15 is 0 Å². The van der Waals surface area contributed by atoms with E-state index in [-0.39, 0.29) is 12.1 Å². The van der Waals surface area contributed by atoms with Crippen molar-refractivity contribution in [3.63, 3.8) is 0 Å². The highest BCUT2D eigenvalue weighted by atomic mass is 16.5. The van der Waals surface area contributed by atoms with Crippen molar-refractivity contribution in [3.05, 3.63) is 23.9 Å². The predicted molar refractivity (Wildman–Crippen MR) is 57.5 cm³/mol. The zero-order valence-electron chi connectivity index (χ0n) is 9.10. The summed E-state index contributed by atoms with van der Waals surface area (Å²) in [6, 6.07) is 3.33. The fourth-order valence-electron chi connectivity index (χ4n) is 1.59. The second-order valence-corrected chi connectivity index (χ2v) is 3.61. The van der Waals surface area contributed by atoms with E-state index in [0.29, 0.717) is 11.4 Å². The van der Waals surface area contributed by atoms with Crippen LogP contribution in [0.4, 0.5) is 0 Å². The van der Waals surface area contributed by atoms with Crippen LogP contribution in [-0.4, -0.2) is 37.3 Å². The van der Waals surface area contributed by atoms with Crippen molar-refractivity contribution in [3.8, 4) is 5.88 Å². The summed E-state index contributed by atoms with van der Waals surface area (Å²) in [7, 11) is 1.34. The van der Waals surface area contributed by atoms with E-state index < -0.39 is 0 Å². The van der Waals surface area contributed by atoms with Crippen molar-refractivity contribution < 1.29 is 14.3 Å². The molecule has 0 spiro atoms. The van der Waals surface area contributed by atoms with Crippen LogP contribution in [-0.2, 0) is 4.74 Å². The van der Waals surface area contributed by atoms with Crippen molar-refractivity contribution in [2.24, 2.45) is 0 Å². The highest BCUT2D eigenvalue weighted by molar-refractivity contribution is 5.88. The first-order valence-corrected chi connectivity index (χ1v) is 5.21. The molecule has 0 saturated carbocycles. The molecule has 1 aliphatic heterocycles. The average molecular weight is 222 g/mol. The van der Waals surface area contributed by atoms with Gasteiger partial charge in [-0.15, -0.1) is 0 Å². The molecule has 1 fully saturated rings. The van der Waals surface area contributed by atoms with Gasteiger partial charge in [0, 0.05) is 18.8 Å². The maximum Gasteiger partial charge on any atom is 0.339 e. The molecule has 1 N–H and O–H groups in total. The summed E-state index contributed by atoms with van der Waals surface area (Å²) in [5.41, 5.74) is 0.430. The van der Waals surface area contributed by atoms with Crippen LogP contribution in [0.25, 0.3) is 0 Å². The fourth-order valence-corrected chi connectivity index (χ4v) is 1.59. The Balaban J connectivity index is 1.98. The van der Waals surface area contributed by atoms with Gasteiger partial charge in [0.15, 0.2) is 0 Å². The number of aromatic nitrogens is 1. The Hall–Kier alpha value is -1.62. The summed E-state index contributed by atoms with van der Waals surface area (Å²) in [5, 5.41) is 3.20. The normalized spacial score (nSPS) is 19.4. The zero-order valence-corrected chi connectivity index (χ0v) is 9.10. The minimum atomic E-state index is -0.387. The number of ether oxygens (including phenoxy) is 2. The van der Waals surface area contributed by atoms with E-state index in [1.54, 1.807) is 12.1 Å². The molecular formula is C11H14N2O3. The summed E-state index contributed by atoms with van der Waals surface area (Å²) in [6.07, 6.45) is 2.63. The van der Waals surface area contributed by atoms with E-state index in [1.165, 1.54) is 13.3 Å². The Labute approximate surface area is 93.8 Å². The van der Waals surface area contributed by atoms with Crippen molar-refractivity contribution in [1.29, 1.82) is 0 Å². The molecule has 1 aliphatic rings. The molecule has 2 rings (SSSR count). The molecule has 86 valence electrons. The van der Waals surface area contributed by atoms with Gasteiger partial charge in [0.1, 0.15) is 6.10 Å². The molecule has 1 aromatic heterocycles. The third-order valence-corrected chi connectivity index (χ3v) is 2.46. The van der Waals surface area contributed by atoms with Crippen LogP contribution in [0.2, 0.25) is 0 Å². The molecule has 0 amide bonds. The topological polar surface area (TPSA) is 60.5 Å². The van der Waals surface area contributed by atoms with E-state index in [0.717, 1.165) is 19.5 Å². The maximum absolute atomic E-state index is 11.2. The third kappa shape index (κ3) is 2.49. The predicted octanol–water partition coefficient (Wildman–Crippen LogP) is 0.609. The molecule has 2 heterocycles. The molecule has 1 saturated heterocycles. The monoisotopic (exact) mass is 222 g/mol. The van der Waals surface area contributed by atoms with Gasteiger partial charge in [-0.1, -0.05) is 0 Å². The second kappa shape index (κ2) is 4.94. The summed E-state index contributed by atoms with van der Waals surface area (Å²) in [4.78, 5) is 15.2. The van der Waals surface area contributed by atoms with E-state index in [4.69, 9.17) is 4.74 Å². The van der Waals surface area contributed by atoms with Gasteiger partial charge in [-0.05, 0) is 19.0 Å². The number of hydrogen-bond donors (Lipinski definition) is 1. The Bertz CT molecular complexity index is 358. The van der Waals surface area contributed by atoms with E-state index in [2.05, 4.69) is 15.0 Å². The molecule has 0 aliphatic carbocycles. The van der Waals surface area contributed by atoms with Crippen LogP contribution < -0.4 is 10.1 Å². The molecule has 5 nitrogen and oxygen atoms in total. The first kappa shape index (κ1) is 10.9. The SMILES string of the molecule is COC(=O)c1ccc(OC2CCNC2)nc1. The highest BCUT2D eigenvalue weighted by Crippen LogP contribution is 2.12. The third-order valence-electron chi connectivity index (χ3n) is 2.46. The molecule has 1 atom stereocenters. The number of carbonyl (C=O) groups excluding carboxylic acids is 1. The molecular weight excluding hydrogens is 208 g/mol. The largest absolute Gasteiger partial charge is 0.473 e. The lowest BCUT2D eigenvalue weighted by atomic mass is 10.3. The molecule has 1 unspecified atom stereocenters. The number of nitrogens with zero attached hydrogens (tertiary/aromatic N) is 1. The lowest BCUT2D eigenvalue weighted by Crippen LogP contribution is -2.20. The molecule has 5 heteroatoms. The van der Waals surface area contributed by atoms with Gasteiger partial charge in [-0.2, -0.15) is 0 Å². The van der Waals surface area contributed by atoms with Crippen molar-refractivity contribution in [2.75, 3.05) is 20.2 Å². The van der Waals surface area contributed by atoms with Crippen LogP contribution in [0.5, 0.6) is 5.88 Å². The van der Waals surface area contributed by atoms with Gasteiger partial charge < -0.3 is 14.8 Å². The molecule has 0 radical (unpaired) electrons. The zero-order chi connectivity index (χ0) is 11.4. The first-order valence-electron chi connectivity index (χ1n) is 5.21. The Kier molecular flexibility index (Phi) is 3.36. The lowest BCUT2D eigenvalue weighted by Gasteiger charge is -2.11. The summed E-state index contributed by atoms with van der Waals surface area (Å²) in [5.74, 6) is 0.155. The first-order chi connectivity index (χ1) is 7.79. The molecule has 0 bridgehead atoms. The average Bonchev–Trinajstić information content (AvgIpc) is 2.82. The standard InChI is InChI=1S/C11H14N2O3/c1-15-11(14)8-2-3-10(13-6-8)16-9-4-5-12-7-9/h2-3,6,9,12H,4-5,7H2,1H3. The van der Waals surface area contributed by atoms with Crippen molar-refractivity contribution >= 4 is 5.97 Å². The van der Waals surface area contributed by atoms with Gasteiger partial charge in [0.2, 0.25) is 5.88 Å². The van der Waals surface area contributed by atoms with Crippen LogP contribution >= 0.6 is 0 Å². The Morgan fingerprint density at radius 3 is 3.00 bits per heavy atom.